The van der Waals surface area contributed by atoms with Crippen LogP contribution < -0.4 is 5.32 Å². The number of hydrogen-bond donors (Lipinski definition) is 1. The topological polar surface area (TPSA) is 46.2 Å². The monoisotopic (exact) mass is 331 g/mol. The average molecular weight is 332 g/mol. The second-order valence-corrected chi connectivity index (χ2v) is 8.84. The molecule has 0 saturated carbocycles. The SMILES string of the molecule is CC1C(c2ccc(Br)cc2)NC(C)(C)CS1(=O)=O. The molecule has 1 heterocycles. The Hall–Kier alpha value is -0.390. The van der Waals surface area contributed by atoms with E-state index in [1.807, 2.05) is 38.1 Å². The van der Waals surface area contributed by atoms with Gasteiger partial charge in [0.25, 0.3) is 0 Å². The maximum atomic E-state index is 12.2. The lowest BCUT2D eigenvalue weighted by Gasteiger charge is -2.40. The molecule has 1 fully saturated rings. The van der Waals surface area contributed by atoms with Crippen molar-refractivity contribution in [2.24, 2.45) is 0 Å². The van der Waals surface area contributed by atoms with Crippen LogP contribution in [-0.4, -0.2) is 25.0 Å². The summed E-state index contributed by atoms with van der Waals surface area (Å²) in [4.78, 5) is 0. The molecule has 2 atom stereocenters. The molecule has 1 aliphatic heterocycles. The standard InChI is InChI=1S/C13H18BrNO2S/c1-9-12(10-4-6-11(14)7-5-10)15-13(2,3)8-18(9,16)17/h4-7,9,12,15H,8H2,1-3H3. The molecule has 1 aromatic rings. The highest BCUT2D eigenvalue weighted by atomic mass is 79.9. The Labute approximate surface area is 117 Å². The van der Waals surface area contributed by atoms with E-state index in [1.54, 1.807) is 6.92 Å². The zero-order valence-corrected chi connectivity index (χ0v) is 13.2. The zero-order valence-electron chi connectivity index (χ0n) is 10.8. The number of rotatable bonds is 1. The van der Waals surface area contributed by atoms with Gasteiger partial charge >= 0.3 is 0 Å². The molecule has 3 nitrogen and oxygen atoms in total. The van der Waals surface area contributed by atoms with Crippen molar-refractivity contribution in [3.63, 3.8) is 0 Å². The molecule has 1 aromatic carbocycles. The number of hydrogen-bond acceptors (Lipinski definition) is 3. The number of benzene rings is 1. The van der Waals surface area contributed by atoms with Crippen molar-refractivity contribution in [3.8, 4) is 0 Å². The average Bonchev–Trinajstić information content (AvgIpc) is 2.23. The van der Waals surface area contributed by atoms with Gasteiger partial charge in [-0.25, -0.2) is 8.42 Å². The van der Waals surface area contributed by atoms with Crippen LogP contribution in [-0.2, 0) is 9.84 Å². The van der Waals surface area contributed by atoms with Gasteiger partial charge in [0.1, 0.15) is 0 Å². The summed E-state index contributed by atoms with van der Waals surface area (Å²) in [7, 11) is -3.05. The predicted molar refractivity (Wildman–Crippen MR) is 77.3 cm³/mol. The van der Waals surface area contributed by atoms with E-state index in [-0.39, 0.29) is 17.3 Å². The van der Waals surface area contributed by atoms with E-state index in [0.29, 0.717) is 0 Å². The van der Waals surface area contributed by atoms with Crippen LogP contribution in [0.1, 0.15) is 32.4 Å². The number of halogens is 1. The van der Waals surface area contributed by atoms with Gasteiger partial charge in [0.2, 0.25) is 0 Å². The summed E-state index contributed by atoms with van der Waals surface area (Å²) in [5.41, 5.74) is 0.630. The van der Waals surface area contributed by atoms with Crippen molar-refractivity contribution in [1.82, 2.24) is 5.32 Å². The molecule has 0 spiro atoms. The summed E-state index contributed by atoms with van der Waals surface area (Å²) < 4.78 is 25.4. The summed E-state index contributed by atoms with van der Waals surface area (Å²) in [5.74, 6) is 0.189. The molecule has 0 aliphatic carbocycles. The molecule has 2 rings (SSSR count). The van der Waals surface area contributed by atoms with E-state index in [1.165, 1.54) is 0 Å². The second kappa shape index (κ2) is 4.62. The van der Waals surface area contributed by atoms with Gasteiger partial charge in [-0.3, -0.25) is 0 Å². The minimum atomic E-state index is -3.05. The van der Waals surface area contributed by atoms with Crippen LogP contribution in [0.4, 0.5) is 0 Å². The Morgan fingerprint density at radius 3 is 2.39 bits per heavy atom. The third kappa shape index (κ3) is 2.78. The fourth-order valence-corrected chi connectivity index (χ4v) is 4.70. The van der Waals surface area contributed by atoms with Crippen LogP contribution >= 0.6 is 15.9 Å². The lowest BCUT2D eigenvalue weighted by Crippen LogP contribution is -2.57. The van der Waals surface area contributed by atoms with E-state index in [2.05, 4.69) is 21.2 Å². The van der Waals surface area contributed by atoms with Gasteiger partial charge < -0.3 is 5.32 Å². The van der Waals surface area contributed by atoms with Crippen molar-refractivity contribution in [2.75, 3.05) is 5.75 Å². The predicted octanol–water partition coefficient (Wildman–Crippen LogP) is 2.68. The van der Waals surface area contributed by atoms with Gasteiger partial charge in [0.15, 0.2) is 9.84 Å². The normalized spacial score (nSPS) is 30.0. The molecule has 0 amide bonds. The minimum absolute atomic E-state index is 0.146. The highest BCUT2D eigenvalue weighted by Crippen LogP contribution is 2.32. The quantitative estimate of drug-likeness (QED) is 0.860. The molecule has 5 heteroatoms. The van der Waals surface area contributed by atoms with E-state index >= 15 is 0 Å². The Morgan fingerprint density at radius 1 is 1.28 bits per heavy atom. The fraction of sp³-hybridized carbons (Fsp3) is 0.538. The maximum Gasteiger partial charge on any atom is 0.156 e. The molecular formula is C13H18BrNO2S. The van der Waals surface area contributed by atoms with Crippen LogP contribution in [0.25, 0.3) is 0 Å². The highest BCUT2D eigenvalue weighted by molar-refractivity contribution is 9.10. The van der Waals surface area contributed by atoms with Gasteiger partial charge in [0.05, 0.1) is 11.0 Å². The Morgan fingerprint density at radius 2 is 1.83 bits per heavy atom. The first-order valence-electron chi connectivity index (χ1n) is 5.96. The van der Waals surface area contributed by atoms with Crippen LogP contribution in [0.3, 0.4) is 0 Å². The van der Waals surface area contributed by atoms with Gasteiger partial charge in [0, 0.05) is 16.1 Å². The Bertz CT molecular complexity index is 537. The van der Waals surface area contributed by atoms with Crippen LogP contribution in [0.2, 0.25) is 0 Å². The Balaban J connectivity index is 2.40. The molecule has 100 valence electrons. The summed E-state index contributed by atoms with van der Waals surface area (Å²) in [6.45, 7) is 5.65. The lowest BCUT2D eigenvalue weighted by molar-refractivity contribution is 0.334. The smallest absolute Gasteiger partial charge is 0.156 e. The zero-order chi connectivity index (χ0) is 13.6. The summed E-state index contributed by atoms with van der Waals surface area (Å²) in [6.07, 6.45) is 0. The van der Waals surface area contributed by atoms with Gasteiger partial charge in [-0.05, 0) is 38.5 Å². The number of sulfone groups is 1. The van der Waals surface area contributed by atoms with Gasteiger partial charge in [-0.15, -0.1) is 0 Å². The van der Waals surface area contributed by atoms with Crippen molar-refractivity contribution in [3.05, 3.63) is 34.3 Å². The van der Waals surface area contributed by atoms with Crippen LogP contribution in [0, 0.1) is 0 Å². The molecule has 1 saturated heterocycles. The fourth-order valence-electron chi connectivity index (χ4n) is 2.45. The summed E-state index contributed by atoms with van der Waals surface area (Å²) in [5, 5.41) is 3.04. The first kappa shape index (κ1) is 14.0. The van der Waals surface area contributed by atoms with E-state index in [0.717, 1.165) is 10.0 Å². The van der Waals surface area contributed by atoms with E-state index in [9.17, 15) is 8.42 Å². The van der Waals surface area contributed by atoms with Crippen molar-refractivity contribution in [1.29, 1.82) is 0 Å². The first-order valence-corrected chi connectivity index (χ1v) is 8.47. The lowest BCUT2D eigenvalue weighted by atomic mass is 9.99. The molecule has 0 radical (unpaired) electrons. The highest BCUT2D eigenvalue weighted by Gasteiger charge is 2.42. The molecule has 1 N–H and O–H groups in total. The first-order chi connectivity index (χ1) is 8.21. The third-order valence-electron chi connectivity index (χ3n) is 3.37. The molecule has 1 aliphatic rings. The van der Waals surface area contributed by atoms with E-state index < -0.39 is 15.1 Å². The van der Waals surface area contributed by atoms with Crippen molar-refractivity contribution >= 4 is 25.8 Å². The van der Waals surface area contributed by atoms with Crippen molar-refractivity contribution < 1.29 is 8.42 Å². The largest absolute Gasteiger partial charge is 0.303 e. The maximum absolute atomic E-state index is 12.2. The Kier molecular flexibility index (Phi) is 3.60. The molecular weight excluding hydrogens is 314 g/mol. The van der Waals surface area contributed by atoms with E-state index in [4.69, 9.17) is 0 Å². The summed E-state index contributed by atoms with van der Waals surface area (Å²) in [6, 6.07) is 7.67. The molecule has 2 unspecified atom stereocenters. The molecule has 0 aromatic heterocycles. The van der Waals surface area contributed by atoms with Gasteiger partial charge in [-0.1, -0.05) is 28.1 Å². The number of nitrogens with one attached hydrogen (secondary N) is 1. The van der Waals surface area contributed by atoms with Crippen LogP contribution in [0.15, 0.2) is 28.7 Å². The van der Waals surface area contributed by atoms with Gasteiger partial charge in [-0.2, -0.15) is 0 Å². The second-order valence-electron chi connectivity index (χ2n) is 5.57. The molecule has 18 heavy (non-hydrogen) atoms. The minimum Gasteiger partial charge on any atom is -0.303 e. The molecule has 0 bridgehead atoms. The third-order valence-corrected chi connectivity index (χ3v) is 6.43. The van der Waals surface area contributed by atoms with Crippen LogP contribution in [0.5, 0.6) is 0 Å². The summed E-state index contributed by atoms with van der Waals surface area (Å²) >= 11 is 3.39. The van der Waals surface area contributed by atoms with Crippen molar-refractivity contribution in [2.45, 2.75) is 37.6 Å².